The van der Waals surface area contributed by atoms with Crippen molar-refractivity contribution in [3.63, 3.8) is 0 Å². The first-order valence-corrected chi connectivity index (χ1v) is 10.4. The van der Waals surface area contributed by atoms with Gasteiger partial charge in [-0.1, -0.05) is 16.8 Å². The van der Waals surface area contributed by atoms with Gasteiger partial charge in [-0.05, 0) is 44.0 Å². The highest BCUT2D eigenvalue weighted by atomic mass is 127. The van der Waals surface area contributed by atoms with E-state index in [0.29, 0.717) is 55.4 Å². The van der Waals surface area contributed by atoms with Crippen LogP contribution < -0.4 is 10.6 Å². The fourth-order valence-corrected chi connectivity index (χ4v) is 3.30. The van der Waals surface area contributed by atoms with Crippen LogP contribution in [0, 0.1) is 0 Å². The number of likely N-dealkylation sites (tertiary alicyclic amines) is 1. The molecule has 31 heavy (non-hydrogen) atoms. The molecule has 1 fully saturated rings. The molecule has 0 radical (unpaired) electrons. The standard InChI is InChI=1S/C20H27ClN6O3.HI/c1-3-29-20(28)27-12-9-16(10-13-27)24-19(22-2)23-11-8-17-25-18(26-30-17)14-4-6-15(21)7-5-14;/h4-7,16H,3,8-13H2,1-2H3,(H2,22,23,24);1H. The number of aromatic nitrogens is 2. The van der Waals surface area contributed by atoms with Crippen LogP contribution >= 0.6 is 35.6 Å². The lowest BCUT2D eigenvalue weighted by Crippen LogP contribution is -2.50. The molecule has 1 amide bonds. The van der Waals surface area contributed by atoms with Gasteiger partial charge in [0.1, 0.15) is 0 Å². The summed E-state index contributed by atoms with van der Waals surface area (Å²) >= 11 is 5.91. The third-order valence-corrected chi connectivity index (χ3v) is 5.04. The number of guanidine groups is 1. The van der Waals surface area contributed by atoms with Gasteiger partial charge in [-0.25, -0.2) is 4.79 Å². The summed E-state index contributed by atoms with van der Waals surface area (Å²) in [6.07, 6.45) is 2.01. The maximum absolute atomic E-state index is 11.8. The molecule has 0 saturated carbocycles. The van der Waals surface area contributed by atoms with Crippen molar-refractivity contribution in [2.24, 2.45) is 4.99 Å². The number of amides is 1. The van der Waals surface area contributed by atoms with E-state index >= 15 is 0 Å². The Hall–Kier alpha value is -2.08. The van der Waals surface area contributed by atoms with E-state index in [1.165, 1.54) is 0 Å². The van der Waals surface area contributed by atoms with Crippen LogP contribution in [0.4, 0.5) is 4.79 Å². The van der Waals surface area contributed by atoms with Gasteiger partial charge in [0.15, 0.2) is 5.96 Å². The lowest BCUT2D eigenvalue weighted by molar-refractivity contribution is 0.0963. The molecule has 170 valence electrons. The summed E-state index contributed by atoms with van der Waals surface area (Å²) in [4.78, 5) is 22.2. The fraction of sp³-hybridized carbons (Fsp3) is 0.500. The molecule has 2 N–H and O–H groups in total. The smallest absolute Gasteiger partial charge is 0.409 e. The molecular formula is C20H28ClIN6O3. The van der Waals surface area contributed by atoms with Crippen molar-refractivity contribution >= 4 is 47.6 Å². The van der Waals surface area contributed by atoms with Gasteiger partial charge >= 0.3 is 6.09 Å². The highest BCUT2D eigenvalue weighted by molar-refractivity contribution is 14.0. The summed E-state index contributed by atoms with van der Waals surface area (Å²) in [5.74, 6) is 1.80. The molecule has 9 nitrogen and oxygen atoms in total. The number of benzene rings is 1. The molecule has 2 heterocycles. The number of nitrogens with one attached hydrogen (secondary N) is 2. The molecule has 0 spiro atoms. The minimum absolute atomic E-state index is 0. The lowest BCUT2D eigenvalue weighted by atomic mass is 10.1. The number of ether oxygens (including phenoxy) is 1. The van der Waals surface area contributed by atoms with Gasteiger partial charge in [-0.2, -0.15) is 4.98 Å². The topological polar surface area (TPSA) is 105 Å². The van der Waals surface area contributed by atoms with Crippen LogP contribution in [-0.4, -0.2) is 66.4 Å². The van der Waals surface area contributed by atoms with Crippen LogP contribution in [0.5, 0.6) is 0 Å². The van der Waals surface area contributed by atoms with E-state index < -0.39 is 0 Å². The van der Waals surface area contributed by atoms with Crippen molar-refractivity contribution in [3.05, 3.63) is 35.2 Å². The maximum atomic E-state index is 11.8. The third-order valence-electron chi connectivity index (χ3n) is 4.79. The average molecular weight is 563 g/mol. The second kappa shape index (κ2) is 12.7. The minimum atomic E-state index is -0.240. The molecule has 0 aliphatic carbocycles. The molecule has 0 bridgehead atoms. The molecule has 1 aromatic carbocycles. The number of hydrogen-bond donors (Lipinski definition) is 2. The summed E-state index contributed by atoms with van der Waals surface area (Å²) in [6, 6.07) is 7.55. The highest BCUT2D eigenvalue weighted by Crippen LogP contribution is 2.18. The number of nitrogens with zero attached hydrogens (tertiary/aromatic N) is 4. The highest BCUT2D eigenvalue weighted by Gasteiger charge is 2.24. The average Bonchev–Trinajstić information content (AvgIpc) is 3.23. The number of hydrogen-bond acceptors (Lipinski definition) is 6. The molecule has 1 aromatic heterocycles. The van der Waals surface area contributed by atoms with Crippen molar-refractivity contribution in [2.45, 2.75) is 32.2 Å². The monoisotopic (exact) mass is 562 g/mol. The zero-order valence-electron chi connectivity index (χ0n) is 17.6. The Balaban J connectivity index is 0.00000341. The van der Waals surface area contributed by atoms with Gasteiger partial charge in [-0.3, -0.25) is 4.99 Å². The zero-order chi connectivity index (χ0) is 21.3. The zero-order valence-corrected chi connectivity index (χ0v) is 20.7. The van der Waals surface area contributed by atoms with E-state index in [-0.39, 0.29) is 36.1 Å². The van der Waals surface area contributed by atoms with Gasteiger partial charge in [0.25, 0.3) is 0 Å². The lowest BCUT2D eigenvalue weighted by Gasteiger charge is -2.32. The Kier molecular flexibility index (Phi) is 10.3. The number of halogens is 2. The Morgan fingerprint density at radius 3 is 2.68 bits per heavy atom. The second-order valence-electron chi connectivity index (χ2n) is 6.87. The Labute approximate surface area is 204 Å². The predicted molar refractivity (Wildman–Crippen MR) is 130 cm³/mol. The van der Waals surface area contributed by atoms with E-state index in [2.05, 4.69) is 25.8 Å². The van der Waals surface area contributed by atoms with Crippen LogP contribution in [0.3, 0.4) is 0 Å². The van der Waals surface area contributed by atoms with Gasteiger partial charge in [0, 0.05) is 49.7 Å². The maximum Gasteiger partial charge on any atom is 0.409 e. The van der Waals surface area contributed by atoms with Crippen molar-refractivity contribution in [1.29, 1.82) is 0 Å². The van der Waals surface area contributed by atoms with Gasteiger partial charge in [0.05, 0.1) is 6.61 Å². The van der Waals surface area contributed by atoms with Gasteiger partial charge in [-0.15, -0.1) is 24.0 Å². The quantitative estimate of drug-likeness (QED) is 0.316. The van der Waals surface area contributed by atoms with Crippen molar-refractivity contribution in [1.82, 2.24) is 25.7 Å². The fourth-order valence-electron chi connectivity index (χ4n) is 3.17. The second-order valence-corrected chi connectivity index (χ2v) is 7.31. The normalized spacial score (nSPS) is 14.7. The summed E-state index contributed by atoms with van der Waals surface area (Å²) in [7, 11) is 1.73. The Morgan fingerprint density at radius 1 is 1.32 bits per heavy atom. The number of piperidine rings is 1. The van der Waals surface area contributed by atoms with Crippen LogP contribution in [0.2, 0.25) is 5.02 Å². The number of carbonyl (C=O) groups is 1. The molecule has 1 saturated heterocycles. The summed E-state index contributed by atoms with van der Waals surface area (Å²) < 4.78 is 10.4. The van der Waals surface area contributed by atoms with Crippen molar-refractivity contribution in [2.75, 3.05) is 33.3 Å². The molecular weight excluding hydrogens is 535 g/mol. The van der Waals surface area contributed by atoms with Crippen molar-refractivity contribution < 1.29 is 14.1 Å². The molecule has 3 rings (SSSR count). The van der Waals surface area contributed by atoms with E-state index in [1.807, 2.05) is 19.1 Å². The molecule has 0 atom stereocenters. The first-order valence-electron chi connectivity index (χ1n) is 10.1. The number of carbonyl (C=O) groups excluding carboxylic acids is 1. The molecule has 1 aliphatic heterocycles. The Bertz CT molecular complexity index is 853. The van der Waals surface area contributed by atoms with Crippen LogP contribution in [-0.2, 0) is 11.2 Å². The third kappa shape index (κ3) is 7.53. The number of aliphatic imine (C=N–C) groups is 1. The number of rotatable bonds is 6. The SMILES string of the molecule is CCOC(=O)N1CCC(NC(=NC)NCCc2nc(-c3ccc(Cl)cc3)no2)CC1.I. The molecule has 2 aromatic rings. The summed E-state index contributed by atoms with van der Waals surface area (Å²) in [6.45, 7) is 4.15. The van der Waals surface area contributed by atoms with Crippen molar-refractivity contribution in [3.8, 4) is 11.4 Å². The summed E-state index contributed by atoms with van der Waals surface area (Å²) in [5.41, 5.74) is 0.856. The van der Waals surface area contributed by atoms with E-state index in [1.54, 1.807) is 24.1 Å². The molecule has 0 unspecified atom stereocenters. The predicted octanol–water partition coefficient (Wildman–Crippen LogP) is 3.34. The van der Waals surface area contributed by atoms with Gasteiger partial charge in [0.2, 0.25) is 11.7 Å². The van der Waals surface area contributed by atoms with E-state index in [0.717, 1.165) is 18.4 Å². The van der Waals surface area contributed by atoms with Crippen LogP contribution in [0.25, 0.3) is 11.4 Å². The molecule has 1 aliphatic rings. The van der Waals surface area contributed by atoms with E-state index in [4.69, 9.17) is 20.9 Å². The minimum Gasteiger partial charge on any atom is -0.450 e. The molecule has 11 heteroatoms. The first-order chi connectivity index (χ1) is 14.6. The summed E-state index contributed by atoms with van der Waals surface area (Å²) in [5, 5.41) is 11.3. The first kappa shape index (κ1) is 25.2. The van der Waals surface area contributed by atoms with Gasteiger partial charge < -0.3 is 24.8 Å². The van der Waals surface area contributed by atoms with Crippen LogP contribution in [0.15, 0.2) is 33.8 Å². The van der Waals surface area contributed by atoms with Crippen LogP contribution in [0.1, 0.15) is 25.7 Å². The van der Waals surface area contributed by atoms with E-state index in [9.17, 15) is 4.79 Å². The Morgan fingerprint density at radius 2 is 2.03 bits per heavy atom. The largest absolute Gasteiger partial charge is 0.450 e.